The van der Waals surface area contributed by atoms with E-state index in [0.717, 1.165) is 63.7 Å². The molecule has 25 heavy (non-hydrogen) atoms. The molecule has 2 aliphatic rings. The Morgan fingerprint density at radius 1 is 1.32 bits per heavy atom. The molecule has 0 spiro atoms. The Labute approximate surface area is 152 Å². The maximum atomic E-state index is 5.93. The first-order valence-corrected chi connectivity index (χ1v) is 9.44. The zero-order chi connectivity index (χ0) is 17.6. The number of nitrogens with zero attached hydrogens (tertiary/aromatic N) is 3. The molecule has 0 radical (unpaired) electrons. The molecule has 0 amide bonds. The van der Waals surface area contributed by atoms with Crippen molar-refractivity contribution in [3.63, 3.8) is 0 Å². The molecule has 5 heteroatoms. The molecule has 2 fully saturated rings. The van der Waals surface area contributed by atoms with Crippen molar-refractivity contribution >= 4 is 17.5 Å². The zero-order valence-electron chi connectivity index (χ0n) is 15.5. The van der Waals surface area contributed by atoms with E-state index in [4.69, 9.17) is 10.5 Å². The van der Waals surface area contributed by atoms with Crippen molar-refractivity contribution in [3.05, 3.63) is 30.3 Å². The molecule has 2 aliphatic heterocycles. The minimum atomic E-state index is 0.602. The molecule has 1 aromatic carbocycles. The first kappa shape index (κ1) is 18.2. The number of hydrogen-bond donors (Lipinski definition) is 1. The highest BCUT2D eigenvalue weighted by Crippen LogP contribution is 2.28. The van der Waals surface area contributed by atoms with Gasteiger partial charge >= 0.3 is 0 Å². The largest absolute Gasteiger partial charge is 0.399 e. The summed E-state index contributed by atoms with van der Waals surface area (Å²) < 4.78 is 5.44. The number of benzene rings is 1. The average molecular weight is 345 g/mol. The summed E-state index contributed by atoms with van der Waals surface area (Å²) in [4.78, 5) is 7.54. The number of anilines is 2. The third-order valence-corrected chi connectivity index (χ3v) is 5.50. The van der Waals surface area contributed by atoms with Crippen LogP contribution in [0, 0.1) is 0 Å². The fourth-order valence-corrected chi connectivity index (χ4v) is 3.86. The molecule has 0 saturated carbocycles. The highest BCUT2D eigenvalue weighted by atomic mass is 16.5. The molecule has 0 unspecified atom stereocenters. The van der Waals surface area contributed by atoms with Crippen LogP contribution in [-0.4, -0.2) is 75.4 Å². The van der Waals surface area contributed by atoms with Crippen LogP contribution >= 0.6 is 0 Å². The normalized spacial score (nSPS) is 22.3. The molecule has 3 rings (SSSR count). The van der Waals surface area contributed by atoms with E-state index < -0.39 is 0 Å². The lowest BCUT2D eigenvalue weighted by Crippen LogP contribution is -2.49. The lowest BCUT2D eigenvalue weighted by molar-refractivity contribution is 0.0322. The van der Waals surface area contributed by atoms with Crippen molar-refractivity contribution in [1.82, 2.24) is 9.80 Å². The monoisotopic (exact) mass is 344 g/mol. The second-order valence-corrected chi connectivity index (χ2v) is 7.20. The van der Waals surface area contributed by atoms with Crippen LogP contribution in [0.5, 0.6) is 0 Å². The predicted molar refractivity (Wildman–Crippen MR) is 106 cm³/mol. The van der Waals surface area contributed by atoms with Gasteiger partial charge in [-0.25, -0.2) is 0 Å². The van der Waals surface area contributed by atoms with Gasteiger partial charge in [-0.2, -0.15) is 0 Å². The van der Waals surface area contributed by atoms with Crippen LogP contribution in [0.1, 0.15) is 18.4 Å². The number of ether oxygens (including phenoxy) is 1. The Morgan fingerprint density at radius 3 is 2.88 bits per heavy atom. The lowest BCUT2D eigenvalue weighted by Gasteiger charge is -2.40. The van der Waals surface area contributed by atoms with Crippen molar-refractivity contribution in [2.24, 2.45) is 0 Å². The predicted octanol–water partition coefficient (Wildman–Crippen LogP) is 2.14. The van der Waals surface area contributed by atoms with Crippen molar-refractivity contribution < 1.29 is 4.74 Å². The number of piperidine rings is 1. The third-order valence-electron chi connectivity index (χ3n) is 5.50. The molecular weight excluding hydrogens is 312 g/mol. The molecule has 2 saturated heterocycles. The van der Waals surface area contributed by atoms with Gasteiger partial charge in [0.25, 0.3) is 0 Å². The van der Waals surface area contributed by atoms with E-state index >= 15 is 0 Å². The van der Waals surface area contributed by atoms with Crippen LogP contribution in [0.3, 0.4) is 0 Å². The molecule has 138 valence electrons. The Bertz CT molecular complexity index is 571. The summed E-state index contributed by atoms with van der Waals surface area (Å²) in [5, 5.41) is 0. The topological polar surface area (TPSA) is 45.0 Å². The van der Waals surface area contributed by atoms with Crippen LogP contribution in [0.2, 0.25) is 0 Å². The summed E-state index contributed by atoms with van der Waals surface area (Å²) in [5.74, 6) is 0. The van der Waals surface area contributed by atoms with E-state index in [-0.39, 0.29) is 0 Å². The zero-order valence-corrected chi connectivity index (χ0v) is 15.5. The lowest BCUT2D eigenvalue weighted by atomic mass is 10.0. The van der Waals surface area contributed by atoms with Gasteiger partial charge in [-0.3, -0.25) is 4.90 Å². The quantitative estimate of drug-likeness (QED) is 0.801. The van der Waals surface area contributed by atoms with Crippen molar-refractivity contribution in [3.8, 4) is 0 Å². The van der Waals surface area contributed by atoms with Gasteiger partial charge in [0.1, 0.15) is 0 Å². The maximum absolute atomic E-state index is 5.93. The molecule has 2 heterocycles. The molecule has 0 bridgehead atoms. The van der Waals surface area contributed by atoms with Crippen LogP contribution in [0.25, 0.3) is 6.08 Å². The van der Waals surface area contributed by atoms with E-state index in [2.05, 4.69) is 34.4 Å². The Balaban J connectivity index is 1.57. The maximum Gasteiger partial charge on any atom is 0.0594 e. The van der Waals surface area contributed by atoms with Crippen LogP contribution in [0.4, 0.5) is 11.4 Å². The minimum absolute atomic E-state index is 0.602. The van der Waals surface area contributed by atoms with Gasteiger partial charge < -0.3 is 20.3 Å². The van der Waals surface area contributed by atoms with Crippen molar-refractivity contribution in [2.45, 2.75) is 18.9 Å². The number of likely N-dealkylation sites (N-methyl/N-ethyl adjacent to an activating group) is 1. The first-order chi connectivity index (χ1) is 12.2. The Hall–Kier alpha value is -1.56. The van der Waals surface area contributed by atoms with Gasteiger partial charge in [0.05, 0.1) is 13.2 Å². The first-order valence-electron chi connectivity index (χ1n) is 9.44. The molecule has 2 N–H and O–H groups in total. The number of hydrogen-bond acceptors (Lipinski definition) is 5. The summed E-state index contributed by atoms with van der Waals surface area (Å²) >= 11 is 0. The van der Waals surface area contributed by atoms with E-state index in [9.17, 15) is 0 Å². The summed E-state index contributed by atoms with van der Waals surface area (Å²) in [7, 11) is 2.27. The van der Waals surface area contributed by atoms with Gasteiger partial charge in [0.2, 0.25) is 0 Å². The molecule has 0 aliphatic carbocycles. The number of nitrogen functional groups attached to an aromatic ring is 1. The summed E-state index contributed by atoms with van der Waals surface area (Å²) in [6.07, 6.45) is 4.42. The second kappa shape index (κ2) is 8.70. The Morgan fingerprint density at radius 2 is 2.12 bits per heavy atom. The summed E-state index contributed by atoms with van der Waals surface area (Å²) in [6, 6.07) is 6.76. The van der Waals surface area contributed by atoms with Gasteiger partial charge in [0, 0.05) is 56.7 Å². The smallest absolute Gasteiger partial charge is 0.0594 e. The average Bonchev–Trinajstić information content (AvgIpc) is 2.67. The van der Waals surface area contributed by atoms with E-state index in [0.29, 0.717) is 6.04 Å². The van der Waals surface area contributed by atoms with Gasteiger partial charge in [-0.1, -0.05) is 12.7 Å². The van der Waals surface area contributed by atoms with E-state index in [1.54, 1.807) is 0 Å². The fourth-order valence-electron chi connectivity index (χ4n) is 3.86. The minimum Gasteiger partial charge on any atom is -0.399 e. The van der Waals surface area contributed by atoms with Crippen molar-refractivity contribution in [1.29, 1.82) is 0 Å². The van der Waals surface area contributed by atoms with Crippen LogP contribution < -0.4 is 10.6 Å². The van der Waals surface area contributed by atoms with Crippen LogP contribution in [-0.2, 0) is 4.74 Å². The standard InChI is InChI=1S/C20H32N4O/c1-3-17-15-18(21)6-7-20(17)24-8-4-5-19(16-24)22(2)9-10-23-11-13-25-14-12-23/h3,6-7,15,19H,1,4-5,8-14,16,21H2,2H3/t19-/m0/s1. The highest BCUT2D eigenvalue weighted by Gasteiger charge is 2.24. The fraction of sp³-hybridized carbons (Fsp3) is 0.600. The van der Waals surface area contributed by atoms with Gasteiger partial charge in [0.15, 0.2) is 0 Å². The molecule has 5 nitrogen and oxygen atoms in total. The van der Waals surface area contributed by atoms with Gasteiger partial charge in [-0.05, 0) is 43.7 Å². The van der Waals surface area contributed by atoms with Crippen molar-refractivity contribution in [2.75, 3.05) is 70.2 Å². The summed E-state index contributed by atoms with van der Waals surface area (Å²) in [6.45, 7) is 12.3. The number of nitrogens with two attached hydrogens (primary N) is 1. The van der Waals surface area contributed by atoms with Crippen LogP contribution in [0.15, 0.2) is 24.8 Å². The summed E-state index contributed by atoms with van der Waals surface area (Å²) in [5.41, 5.74) is 9.13. The van der Waals surface area contributed by atoms with E-state index in [1.165, 1.54) is 18.5 Å². The molecule has 1 aromatic rings. The second-order valence-electron chi connectivity index (χ2n) is 7.20. The SMILES string of the molecule is C=Cc1cc(N)ccc1N1CCC[C@H](N(C)CCN2CCOCC2)C1. The third kappa shape index (κ3) is 4.75. The molecule has 0 aromatic heterocycles. The molecule has 1 atom stereocenters. The highest BCUT2D eigenvalue weighted by molar-refractivity contribution is 5.70. The van der Waals surface area contributed by atoms with E-state index in [1.807, 2.05) is 18.2 Å². The molecular formula is C20H32N4O. The number of morpholine rings is 1. The Kier molecular flexibility index (Phi) is 6.34. The van der Waals surface area contributed by atoms with Gasteiger partial charge in [-0.15, -0.1) is 0 Å². The number of rotatable bonds is 6.